The summed E-state index contributed by atoms with van der Waals surface area (Å²) >= 11 is 0. The third-order valence-corrected chi connectivity index (χ3v) is 0. The van der Waals surface area contributed by atoms with Crippen molar-refractivity contribution in [3.8, 4) is 0 Å². The second-order valence-electron chi connectivity index (χ2n) is 0.816. The van der Waals surface area contributed by atoms with Crippen molar-refractivity contribution < 1.29 is 124 Å². The average Bonchev–Trinajstić information content (AvgIpc) is 1.12. The molecule has 2 radical (unpaired) electrons. The smallest absolute Gasteiger partial charge is 0.759 e. The van der Waals surface area contributed by atoms with Gasteiger partial charge in [0, 0.05) is 20.8 Å². The normalized spacial score (nSPS) is 5.27. The third kappa shape index (κ3) is 53300. The molecule has 0 saturated heterocycles. The van der Waals surface area contributed by atoms with Crippen molar-refractivity contribution in [1.82, 2.24) is 0 Å². The molecule has 20 N–H and O–H groups in total. The van der Waals surface area contributed by atoms with Gasteiger partial charge in [-0.15, -0.1) is 0 Å². The summed E-state index contributed by atoms with van der Waals surface area (Å²) in [7, 11) is -10.3. The van der Waals surface area contributed by atoms with Crippen LogP contribution in [0.15, 0.2) is 0 Å². The number of hydrogen-bond donors (Lipinski definition) is 0. The van der Waals surface area contributed by atoms with Crippen LogP contribution in [0, 0.1) is 0 Å². The second-order valence-corrected chi connectivity index (χ2v) is 2.45. The Morgan fingerprint density at radius 3 is 0.364 bits per heavy atom. The Kier molecular flexibility index (Phi) is 384. The first-order chi connectivity index (χ1) is 4.00. The van der Waals surface area contributed by atoms with Crippen LogP contribution in [-0.4, -0.2) is 89.8 Å². The topological polar surface area (TPSA) is 476 Å². The minimum atomic E-state index is -5.17. The Balaban J connectivity index is -0.00000000314. The predicted molar refractivity (Wildman–Crippen MR) is 57.1 cm³/mol. The molecule has 0 aliphatic heterocycles. The molecular formula is H20Cu2O18S2. The van der Waals surface area contributed by atoms with Crippen molar-refractivity contribution in [2.45, 2.75) is 0 Å². The summed E-state index contributed by atoms with van der Waals surface area (Å²) in [4.78, 5) is 0. The van der Waals surface area contributed by atoms with Gasteiger partial charge in [-0.2, -0.15) is 0 Å². The first kappa shape index (κ1) is 146. The molecule has 0 aliphatic carbocycles. The molecule has 0 heterocycles. The fraction of sp³-hybridized carbons (Fsp3) is 0. The van der Waals surface area contributed by atoms with Crippen LogP contribution < -0.4 is 0 Å². The van der Waals surface area contributed by atoms with E-state index in [0.29, 0.717) is 0 Å². The van der Waals surface area contributed by atoms with Crippen LogP contribution in [0.25, 0.3) is 0 Å². The van der Waals surface area contributed by atoms with Gasteiger partial charge in [0.1, 0.15) is 0 Å². The second kappa shape index (κ2) is 57.9. The van der Waals surface area contributed by atoms with Gasteiger partial charge in [-0.25, -0.2) is 0 Å². The van der Waals surface area contributed by atoms with E-state index in [1.165, 1.54) is 0 Å². The SMILES string of the molecule is O.O.O.O.O.O.O.O.O.O.O=S(=O)([O-])[O-].O=S(=O)([O-])[O-].[Cu+2].[Cu+2]. The fourth-order valence-electron chi connectivity index (χ4n) is 0. The monoisotopic (exact) mass is 498 g/mol. The number of rotatable bonds is 0. The largest absolute Gasteiger partial charge is 2.00 e. The zero-order valence-corrected chi connectivity index (χ0v) is 13.2. The van der Waals surface area contributed by atoms with Crippen molar-refractivity contribution in [3.05, 3.63) is 0 Å². The molecule has 0 atom stereocenters. The Morgan fingerprint density at radius 1 is 0.364 bits per heavy atom. The molecule has 22 heavy (non-hydrogen) atoms. The van der Waals surface area contributed by atoms with Crippen molar-refractivity contribution in [2.75, 3.05) is 0 Å². The van der Waals surface area contributed by atoms with E-state index < -0.39 is 20.8 Å². The summed E-state index contributed by atoms with van der Waals surface area (Å²) in [5.41, 5.74) is 0. The van der Waals surface area contributed by atoms with E-state index in [1.807, 2.05) is 0 Å². The first-order valence-corrected chi connectivity index (χ1v) is 4.00. The summed E-state index contributed by atoms with van der Waals surface area (Å²) in [5.74, 6) is 0. The Bertz CT molecular complexity index is 215. The summed E-state index contributed by atoms with van der Waals surface area (Å²) in [5, 5.41) is 0. The van der Waals surface area contributed by atoms with E-state index in [0.717, 1.165) is 0 Å². The van der Waals surface area contributed by atoms with Crippen LogP contribution in [0.3, 0.4) is 0 Å². The third-order valence-electron chi connectivity index (χ3n) is 0. The van der Waals surface area contributed by atoms with Gasteiger partial charge >= 0.3 is 34.1 Å². The number of hydrogen-bond acceptors (Lipinski definition) is 8. The molecule has 0 spiro atoms. The quantitative estimate of drug-likeness (QED) is 0.174. The first-order valence-electron chi connectivity index (χ1n) is 1.33. The van der Waals surface area contributed by atoms with E-state index in [2.05, 4.69) is 0 Å². The summed E-state index contributed by atoms with van der Waals surface area (Å²) in [6.07, 6.45) is 0. The summed E-state index contributed by atoms with van der Waals surface area (Å²) in [6.45, 7) is 0. The molecule has 22 heteroatoms. The maximum Gasteiger partial charge on any atom is 2.00 e. The van der Waals surface area contributed by atoms with Crippen molar-refractivity contribution >= 4 is 20.8 Å². The van der Waals surface area contributed by atoms with E-state index in [9.17, 15) is 0 Å². The van der Waals surface area contributed by atoms with Gasteiger partial charge < -0.3 is 73.0 Å². The van der Waals surface area contributed by atoms with Crippen molar-refractivity contribution in [1.29, 1.82) is 0 Å². The van der Waals surface area contributed by atoms with Gasteiger partial charge in [0.2, 0.25) is 0 Å². The van der Waals surface area contributed by atoms with Crippen molar-refractivity contribution in [3.63, 3.8) is 0 Å². The van der Waals surface area contributed by atoms with Crippen LogP contribution in [0.4, 0.5) is 0 Å². The van der Waals surface area contributed by atoms with E-state index in [1.54, 1.807) is 0 Å². The summed E-state index contributed by atoms with van der Waals surface area (Å²) in [6, 6.07) is 0. The zero-order chi connectivity index (χ0) is 9.00. The average molecular weight is 499 g/mol. The van der Waals surface area contributed by atoms with Crippen LogP contribution >= 0.6 is 0 Å². The van der Waals surface area contributed by atoms with E-state index in [4.69, 9.17) is 35.0 Å². The molecule has 0 unspecified atom stereocenters. The molecule has 0 saturated carbocycles. The molecule has 0 aliphatic rings. The van der Waals surface area contributed by atoms with Gasteiger partial charge in [-0.05, 0) is 0 Å². The van der Waals surface area contributed by atoms with Crippen LogP contribution in [0.2, 0.25) is 0 Å². The minimum absolute atomic E-state index is 0. The predicted octanol–water partition coefficient (Wildman–Crippen LogP) is -10.9. The van der Waals surface area contributed by atoms with Crippen molar-refractivity contribution in [2.24, 2.45) is 0 Å². The Labute approximate surface area is 145 Å². The van der Waals surface area contributed by atoms with E-state index >= 15 is 0 Å². The van der Waals surface area contributed by atoms with Crippen LogP contribution in [0.1, 0.15) is 0 Å². The fourth-order valence-corrected chi connectivity index (χ4v) is 0. The molecule has 0 aromatic carbocycles. The molecule has 0 fully saturated rings. The Hall–Kier alpha value is 0.379. The molecule has 0 aromatic heterocycles. The summed E-state index contributed by atoms with van der Waals surface area (Å²) < 4.78 is 68.2. The molecule has 162 valence electrons. The van der Waals surface area contributed by atoms with Gasteiger partial charge in [0.15, 0.2) is 0 Å². The standard InChI is InChI=1S/2Cu.2H2O4S.10H2O/c;;2*1-5(2,3)4;;;;;;;;;;/h;;2*(H2,1,2,3,4);10*1H2/q2*+2;;;;;;;;;;;;/p-4. The maximum absolute atomic E-state index is 8.52. The van der Waals surface area contributed by atoms with E-state index in [-0.39, 0.29) is 88.9 Å². The molecule has 0 rings (SSSR count). The molecular weight excluding hydrogens is 479 g/mol. The van der Waals surface area contributed by atoms with Gasteiger partial charge in [0.05, 0.1) is 0 Å². The van der Waals surface area contributed by atoms with Gasteiger partial charge in [-0.3, -0.25) is 16.8 Å². The molecule has 0 amide bonds. The maximum atomic E-state index is 8.52. The minimum Gasteiger partial charge on any atom is -0.759 e. The molecule has 0 bridgehead atoms. The van der Waals surface area contributed by atoms with Gasteiger partial charge in [-0.1, -0.05) is 0 Å². The zero-order valence-electron chi connectivity index (χ0n) is 9.69. The molecule has 0 aromatic rings. The van der Waals surface area contributed by atoms with Crippen LogP contribution in [0.5, 0.6) is 0 Å². The van der Waals surface area contributed by atoms with Gasteiger partial charge in [0.25, 0.3) is 0 Å². The molecule has 18 nitrogen and oxygen atoms in total. The Morgan fingerprint density at radius 2 is 0.364 bits per heavy atom. The van der Waals surface area contributed by atoms with Crippen LogP contribution in [-0.2, 0) is 54.9 Å².